The molecule has 0 aliphatic heterocycles. The fourth-order valence-corrected chi connectivity index (χ4v) is 1.27. The molecule has 2 rings (SSSR count). The van der Waals surface area contributed by atoms with Gasteiger partial charge in [-0.1, -0.05) is 6.07 Å². The third-order valence-electron chi connectivity index (χ3n) is 2.08. The fraction of sp³-hybridized carbons (Fsp3) is 0.0909. The van der Waals surface area contributed by atoms with E-state index in [1.165, 1.54) is 0 Å². The number of aryl methyl sites for hydroxylation is 1. The molecular formula is C11H11N3. The predicted octanol–water partition coefficient (Wildman–Crippen LogP) is 2.03. The molecule has 0 amide bonds. The van der Waals surface area contributed by atoms with Crippen LogP contribution in [0.1, 0.15) is 5.69 Å². The quantitative estimate of drug-likeness (QED) is 0.739. The van der Waals surface area contributed by atoms with Crippen molar-refractivity contribution in [3.05, 3.63) is 42.5 Å². The van der Waals surface area contributed by atoms with E-state index < -0.39 is 0 Å². The van der Waals surface area contributed by atoms with Crippen molar-refractivity contribution < 1.29 is 0 Å². The van der Waals surface area contributed by atoms with Crippen molar-refractivity contribution in [3.63, 3.8) is 0 Å². The third-order valence-corrected chi connectivity index (χ3v) is 2.08. The zero-order valence-electron chi connectivity index (χ0n) is 7.94. The Kier molecular flexibility index (Phi) is 2.14. The van der Waals surface area contributed by atoms with E-state index in [0.717, 1.165) is 22.5 Å². The van der Waals surface area contributed by atoms with Gasteiger partial charge in [-0.3, -0.25) is 9.97 Å². The highest BCUT2D eigenvalue weighted by molar-refractivity contribution is 5.74. The summed E-state index contributed by atoms with van der Waals surface area (Å²) in [6.07, 6.45) is 5.24. The van der Waals surface area contributed by atoms with Gasteiger partial charge in [-0.2, -0.15) is 0 Å². The van der Waals surface area contributed by atoms with Crippen LogP contribution in [0.2, 0.25) is 0 Å². The lowest BCUT2D eigenvalue weighted by atomic mass is 10.1. The number of rotatable bonds is 1. The van der Waals surface area contributed by atoms with Crippen LogP contribution in [0.15, 0.2) is 36.8 Å². The van der Waals surface area contributed by atoms with Crippen LogP contribution < -0.4 is 5.73 Å². The standard InChI is InChI=1S/C11H11N3/c1-8-2-3-9(6-14-8)10-7-13-5-4-11(10)12/h2-7H,1H3,(H2,12,13). The van der Waals surface area contributed by atoms with Crippen molar-refractivity contribution in [2.75, 3.05) is 5.73 Å². The Balaban J connectivity index is 2.50. The summed E-state index contributed by atoms with van der Waals surface area (Å²) in [5.41, 5.74) is 9.48. The third kappa shape index (κ3) is 1.57. The first kappa shape index (κ1) is 8.69. The minimum atomic E-state index is 0.727. The maximum atomic E-state index is 5.82. The second-order valence-electron chi connectivity index (χ2n) is 3.15. The minimum absolute atomic E-state index is 0.727. The molecule has 0 bridgehead atoms. The van der Waals surface area contributed by atoms with E-state index in [1.807, 2.05) is 25.3 Å². The van der Waals surface area contributed by atoms with Crippen LogP contribution in [0.3, 0.4) is 0 Å². The number of nitrogen functional groups attached to an aromatic ring is 1. The predicted molar refractivity (Wildman–Crippen MR) is 56.6 cm³/mol. The first-order chi connectivity index (χ1) is 6.77. The van der Waals surface area contributed by atoms with Crippen LogP contribution in [-0.2, 0) is 0 Å². The topological polar surface area (TPSA) is 51.8 Å². The molecule has 0 aliphatic carbocycles. The molecule has 0 unspecified atom stereocenters. The Hall–Kier alpha value is -1.90. The largest absolute Gasteiger partial charge is 0.398 e. The molecule has 0 aliphatic rings. The Morgan fingerprint density at radius 2 is 2.00 bits per heavy atom. The highest BCUT2D eigenvalue weighted by Gasteiger charge is 2.01. The molecular weight excluding hydrogens is 174 g/mol. The van der Waals surface area contributed by atoms with Gasteiger partial charge in [-0.15, -0.1) is 0 Å². The van der Waals surface area contributed by atoms with Gasteiger partial charge < -0.3 is 5.73 Å². The van der Waals surface area contributed by atoms with Gasteiger partial charge in [0.25, 0.3) is 0 Å². The van der Waals surface area contributed by atoms with Gasteiger partial charge in [0.05, 0.1) is 0 Å². The lowest BCUT2D eigenvalue weighted by Gasteiger charge is -2.03. The number of hydrogen-bond acceptors (Lipinski definition) is 3. The molecule has 0 radical (unpaired) electrons. The molecule has 2 aromatic heterocycles. The van der Waals surface area contributed by atoms with Crippen LogP contribution >= 0.6 is 0 Å². The second-order valence-corrected chi connectivity index (χ2v) is 3.15. The number of anilines is 1. The van der Waals surface area contributed by atoms with E-state index >= 15 is 0 Å². The molecule has 0 atom stereocenters. The zero-order valence-corrected chi connectivity index (χ0v) is 7.94. The first-order valence-electron chi connectivity index (χ1n) is 4.40. The number of nitrogens with two attached hydrogens (primary N) is 1. The summed E-state index contributed by atoms with van der Waals surface area (Å²) < 4.78 is 0. The van der Waals surface area contributed by atoms with Crippen molar-refractivity contribution in [2.24, 2.45) is 0 Å². The van der Waals surface area contributed by atoms with E-state index in [0.29, 0.717) is 0 Å². The molecule has 0 spiro atoms. The summed E-state index contributed by atoms with van der Waals surface area (Å²) in [5, 5.41) is 0. The van der Waals surface area contributed by atoms with Gasteiger partial charge in [-0.05, 0) is 19.1 Å². The molecule has 0 saturated carbocycles. The van der Waals surface area contributed by atoms with Crippen molar-refractivity contribution in [3.8, 4) is 11.1 Å². The summed E-state index contributed by atoms with van der Waals surface area (Å²) in [7, 11) is 0. The SMILES string of the molecule is Cc1ccc(-c2cnccc2N)cn1. The molecule has 70 valence electrons. The van der Waals surface area contributed by atoms with Gasteiger partial charge >= 0.3 is 0 Å². The summed E-state index contributed by atoms with van der Waals surface area (Å²) in [6, 6.07) is 5.74. The van der Waals surface area contributed by atoms with E-state index in [1.54, 1.807) is 18.5 Å². The normalized spacial score (nSPS) is 10.1. The molecule has 0 aromatic carbocycles. The average Bonchev–Trinajstić information content (AvgIpc) is 2.20. The molecule has 2 aromatic rings. The van der Waals surface area contributed by atoms with Crippen molar-refractivity contribution in [1.82, 2.24) is 9.97 Å². The maximum absolute atomic E-state index is 5.82. The lowest BCUT2D eigenvalue weighted by molar-refractivity contribution is 1.20. The molecule has 2 heterocycles. The van der Waals surface area contributed by atoms with E-state index in [9.17, 15) is 0 Å². The summed E-state index contributed by atoms with van der Waals surface area (Å²) in [4.78, 5) is 8.25. The van der Waals surface area contributed by atoms with Gasteiger partial charge in [0.15, 0.2) is 0 Å². The summed E-state index contributed by atoms with van der Waals surface area (Å²) in [6.45, 7) is 1.95. The molecule has 3 heteroatoms. The van der Waals surface area contributed by atoms with Crippen molar-refractivity contribution >= 4 is 5.69 Å². The molecule has 2 N–H and O–H groups in total. The lowest BCUT2D eigenvalue weighted by Crippen LogP contribution is -1.91. The Bertz CT molecular complexity index is 435. The Labute approximate surface area is 82.6 Å². The van der Waals surface area contributed by atoms with Gasteiger partial charge in [0, 0.05) is 41.1 Å². The second kappa shape index (κ2) is 3.46. The number of pyridine rings is 2. The van der Waals surface area contributed by atoms with Crippen LogP contribution in [0.4, 0.5) is 5.69 Å². The van der Waals surface area contributed by atoms with Crippen LogP contribution in [0, 0.1) is 6.92 Å². The monoisotopic (exact) mass is 185 g/mol. The van der Waals surface area contributed by atoms with E-state index in [4.69, 9.17) is 5.73 Å². The van der Waals surface area contributed by atoms with Crippen LogP contribution in [-0.4, -0.2) is 9.97 Å². The zero-order chi connectivity index (χ0) is 9.97. The number of aromatic nitrogens is 2. The molecule has 3 nitrogen and oxygen atoms in total. The number of nitrogens with zero attached hydrogens (tertiary/aromatic N) is 2. The van der Waals surface area contributed by atoms with Gasteiger partial charge in [0.2, 0.25) is 0 Å². The van der Waals surface area contributed by atoms with Crippen molar-refractivity contribution in [2.45, 2.75) is 6.92 Å². The summed E-state index contributed by atoms with van der Waals surface area (Å²) >= 11 is 0. The molecule has 0 fully saturated rings. The van der Waals surface area contributed by atoms with Crippen LogP contribution in [0.5, 0.6) is 0 Å². The average molecular weight is 185 g/mol. The number of hydrogen-bond donors (Lipinski definition) is 1. The Morgan fingerprint density at radius 1 is 1.14 bits per heavy atom. The molecule has 14 heavy (non-hydrogen) atoms. The fourth-order valence-electron chi connectivity index (χ4n) is 1.27. The van der Waals surface area contributed by atoms with Gasteiger partial charge in [0.1, 0.15) is 0 Å². The van der Waals surface area contributed by atoms with Gasteiger partial charge in [-0.25, -0.2) is 0 Å². The maximum Gasteiger partial charge on any atom is 0.0425 e. The van der Waals surface area contributed by atoms with E-state index in [-0.39, 0.29) is 0 Å². The highest BCUT2D eigenvalue weighted by Crippen LogP contribution is 2.23. The highest BCUT2D eigenvalue weighted by atomic mass is 14.7. The minimum Gasteiger partial charge on any atom is -0.398 e. The summed E-state index contributed by atoms with van der Waals surface area (Å²) in [5.74, 6) is 0. The first-order valence-corrected chi connectivity index (χ1v) is 4.40. The molecule has 0 saturated heterocycles. The van der Waals surface area contributed by atoms with Crippen molar-refractivity contribution in [1.29, 1.82) is 0 Å². The van der Waals surface area contributed by atoms with E-state index in [2.05, 4.69) is 9.97 Å². The smallest absolute Gasteiger partial charge is 0.0425 e. The Morgan fingerprint density at radius 3 is 2.64 bits per heavy atom. The van der Waals surface area contributed by atoms with Crippen LogP contribution in [0.25, 0.3) is 11.1 Å².